The first-order valence-electron chi connectivity index (χ1n) is 7.80. The van der Waals surface area contributed by atoms with Crippen molar-refractivity contribution in [3.8, 4) is 10.4 Å². The van der Waals surface area contributed by atoms with Crippen LogP contribution in [-0.2, 0) is 12.8 Å². The molecule has 3 heteroatoms. The van der Waals surface area contributed by atoms with E-state index in [2.05, 4.69) is 44.2 Å². The van der Waals surface area contributed by atoms with Gasteiger partial charge in [-0.3, -0.25) is 0 Å². The van der Waals surface area contributed by atoms with Crippen molar-refractivity contribution in [2.24, 2.45) is 5.41 Å². The highest BCUT2D eigenvalue weighted by Gasteiger charge is 2.27. The van der Waals surface area contributed by atoms with Gasteiger partial charge in [0.15, 0.2) is 0 Å². The number of aromatic nitrogens is 1. The maximum absolute atomic E-state index is 6.44. The third kappa shape index (κ3) is 2.20. The number of pyridine rings is 1. The Morgan fingerprint density at radius 2 is 1.95 bits per heavy atom. The number of rotatable bonds is 1. The second kappa shape index (κ2) is 4.82. The van der Waals surface area contributed by atoms with E-state index in [1.807, 2.05) is 6.07 Å². The van der Waals surface area contributed by atoms with E-state index in [0.717, 1.165) is 33.6 Å². The van der Waals surface area contributed by atoms with Gasteiger partial charge in [0.05, 0.1) is 10.6 Å². The van der Waals surface area contributed by atoms with E-state index < -0.39 is 0 Å². The maximum atomic E-state index is 6.44. The molecule has 0 atom stereocenters. The zero-order chi connectivity index (χ0) is 15.3. The number of anilines is 1. The van der Waals surface area contributed by atoms with Gasteiger partial charge < -0.3 is 5.73 Å². The van der Waals surface area contributed by atoms with Crippen LogP contribution in [0.4, 0.5) is 5.69 Å². The quantitative estimate of drug-likeness (QED) is 0.682. The molecule has 0 aliphatic heterocycles. The van der Waals surface area contributed by atoms with Crippen molar-refractivity contribution in [1.82, 2.24) is 4.98 Å². The molecule has 1 aromatic carbocycles. The van der Waals surface area contributed by atoms with Crippen LogP contribution >= 0.6 is 11.3 Å². The van der Waals surface area contributed by atoms with Gasteiger partial charge in [-0.15, -0.1) is 11.3 Å². The van der Waals surface area contributed by atoms with Gasteiger partial charge in [0.2, 0.25) is 0 Å². The Bertz CT molecular complexity index is 847. The van der Waals surface area contributed by atoms with Crippen LogP contribution in [0.1, 0.15) is 31.5 Å². The van der Waals surface area contributed by atoms with Crippen LogP contribution in [0, 0.1) is 5.41 Å². The number of nitrogen functional groups attached to an aromatic ring is 1. The molecule has 2 N–H and O–H groups in total. The molecule has 0 amide bonds. The Kier molecular flexibility index (Phi) is 3.01. The van der Waals surface area contributed by atoms with Crippen LogP contribution in [-0.4, -0.2) is 4.98 Å². The lowest BCUT2D eigenvalue weighted by atomic mass is 9.76. The molecule has 1 aliphatic carbocycles. The minimum atomic E-state index is 0.370. The van der Waals surface area contributed by atoms with Gasteiger partial charge in [0.25, 0.3) is 0 Å². The number of hydrogen-bond acceptors (Lipinski definition) is 3. The van der Waals surface area contributed by atoms with E-state index in [0.29, 0.717) is 5.41 Å². The van der Waals surface area contributed by atoms with E-state index in [9.17, 15) is 0 Å². The lowest BCUT2D eigenvalue weighted by Crippen LogP contribution is -2.22. The van der Waals surface area contributed by atoms with Gasteiger partial charge in [-0.25, -0.2) is 4.98 Å². The second-order valence-electron chi connectivity index (χ2n) is 7.00. The minimum absolute atomic E-state index is 0.370. The third-order valence-corrected chi connectivity index (χ3v) is 5.80. The Labute approximate surface area is 135 Å². The SMILES string of the molecule is CC1(C)CCc2nc3sc(-c4ccccc4)c(N)c3cc2C1. The number of aryl methyl sites for hydroxylation is 1. The van der Waals surface area contributed by atoms with Crippen LogP contribution < -0.4 is 5.73 Å². The molecular weight excluding hydrogens is 288 g/mol. The van der Waals surface area contributed by atoms with Gasteiger partial charge in [-0.05, 0) is 41.9 Å². The number of thiophene rings is 1. The first-order chi connectivity index (χ1) is 10.5. The van der Waals surface area contributed by atoms with Crippen LogP contribution in [0.2, 0.25) is 0 Å². The normalized spacial score (nSPS) is 16.6. The third-order valence-electron chi connectivity index (χ3n) is 4.63. The van der Waals surface area contributed by atoms with Crippen molar-refractivity contribution in [3.05, 3.63) is 47.7 Å². The Morgan fingerprint density at radius 3 is 2.73 bits per heavy atom. The molecule has 2 aromatic heterocycles. The molecule has 112 valence electrons. The Balaban J connectivity index is 1.89. The summed E-state index contributed by atoms with van der Waals surface area (Å²) in [5.41, 5.74) is 11.5. The average Bonchev–Trinajstić information content (AvgIpc) is 2.82. The predicted molar refractivity (Wildman–Crippen MR) is 95.3 cm³/mol. The van der Waals surface area contributed by atoms with Crippen molar-refractivity contribution >= 4 is 27.2 Å². The van der Waals surface area contributed by atoms with Crippen LogP contribution in [0.5, 0.6) is 0 Å². The predicted octanol–water partition coefficient (Wildman–Crippen LogP) is 5.06. The molecular formula is C19H20N2S. The summed E-state index contributed by atoms with van der Waals surface area (Å²) in [4.78, 5) is 7.15. The van der Waals surface area contributed by atoms with Crippen LogP contribution in [0.3, 0.4) is 0 Å². The van der Waals surface area contributed by atoms with E-state index in [-0.39, 0.29) is 0 Å². The Morgan fingerprint density at radius 1 is 1.18 bits per heavy atom. The second-order valence-corrected chi connectivity index (χ2v) is 8.00. The molecule has 1 aliphatic rings. The number of nitrogens with two attached hydrogens (primary N) is 1. The van der Waals surface area contributed by atoms with Crippen molar-refractivity contribution in [2.75, 3.05) is 5.73 Å². The number of fused-ring (bicyclic) bond motifs is 2. The average molecular weight is 308 g/mol. The zero-order valence-corrected chi connectivity index (χ0v) is 13.8. The molecule has 3 aromatic rings. The molecule has 4 rings (SSSR count). The maximum Gasteiger partial charge on any atom is 0.126 e. The van der Waals surface area contributed by atoms with Gasteiger partial charge in [0, 0.05) is 11.1 Å². The Hall–Kier alpha value is -1.87. The molecule has 22 heavy (non-hydrogen) atoms. The summed E-state index contributed by atoms with van der Waals surface area (Å²) in [6.45, 7) is 4.68. The largest absolute Gasteiger partial charge is 0.397 e. The summed E-state index contributed by atoms with van der Waals surface area (Å²) >= 11 is 1.71. The highest BCUT2D eigenvalue weighted by atomic mass is 32.1. The van der Waals surface area contributed by atoms with Crippen molar-refractivity contribution in [3.63, 3.8) is 0 Å². The van der Waals surface area contributed by atoms with Gasteiger partial charge >= 0.3 is 0 Å². The lowest BCUT2D eigenvalue weighted by Gasteiger charge is -2.30. The molecule has 0 saturated carbocycles. The molecule has 0 unspecified atom stereocenters. The lowest BCUT2D eigenvalue weighted by molar-refractivity contribution is 0.313. The van der Waals surface area contributed by atoms with Crippen LogP contribution in [0.15, 0.2) is 36.4 Å². The molecule has 0 bridgehead atoms. The summed E-state index contributed by atoms with van der Waals surface area (Å²) < 4.78 is 0. The van der Waals surface area contributed by atoms with E-state index in [1.54, 1.807) is 11.3 Å². The standard InChI is InChI=1S/C19H20N2S/c1-19(2)9-8-15-13(11-19)10-14-16(20)17(22-18(14)21-15)12-6-4-3-5-7-12/h3-7,10H,8-9,11,20H2,1-2H3. The molecule has 0 spiro atoms. The summed E-state index contributed by atoms with van der Waals surface area (Å²) in [7, 11) is 0. The zero-order valence-electron chi connectivity index (χ0n) is 13.0. The fraction of sp³-hybridized carbons (Fsp3) is 0.316. The van der Waals surface area contributed by atoms with Crippen LogP contribution in [0.25, 0.3) is 20.7 Å². The van der Waals surface area contributed by atoms with E-state index in [1.165, 1.54) is 23.2 Å². The smallest absolute Gasteiger partial charge is 0.126 e. The van der Waals surface area contributed by atoms with Gasteiger partial charge in [0.1, 0.15) is 4.83 Å². The fourth-order valence-electron chi connectivity index (χ4n) is 3.35. The first-order valence-corrected chi connectivity index (χ1v) is 8.61. The summed E-state index contributed by atoms with van der Waals surface area (Å²) in [6, 6.07) is 12.7. The highest BCUT2D eigenvalue weighted by Crippen LogP contribution is 2.42. The topological polar surface area (TPSA) is 38.9 Å². The minimum Gasteiger partial charge on any atom is -0.397 e. The number of nitrogens with zero attached hydrogens (tertiary/aromatic N) is 1. The molecule has 0 fully saturated rings. The summed E-state index contributed by atoms with van der Waals surface area (Å²) in [5, 5.41) is 1.13. The van der Waals surface area contributed by atoms with Gasteiger partial charge in [-0.2, -0.15) is 0 Å². The van der Waals surface area contributed by atoms with Gasteiger partial charge in [-0.1, -0.05) is 44.2 Å². The number of benzene rings is 1. The van der Waals surface area contributed by atoms with E-state index in [4.69, 9.17) is 10.7 Å². The molecule has 2 heterocycles. The fourth-order valence-corrected chi connectivity index (χ4v) is 4.45. The molecule has 0 saturated heterocycles. The first kappa shape index (κ1) is 13.8. The highest BCUT2D eigenvalue weighted by molar-refractivity contribution is 7.22. The summed E-state index contributed by atoms with van der Waals surface area (Å²) in [5.74, 6) is 0. The van der Waals surface area contributed by atoms with Crippen molar-refractivity contribution in [1.29, 1.82) is 0 Å². The van der Waals surface area contributed by atoms with Crippen molar-refractivity contribution < 1.29 is 0 Å². The number of hydrogen-bond donors (Lipinski definition) is 1. The van der Waals surface area contributed by atoms with E-state index >= 15 is 0 Å². The summed E-state index contributed by atoms with van der Waals surface area (Å²) in [6.07, 6.45) is 3.39. The van der Waals surface area contributed by atoms with Crippen molar-refractivity contribution in [2.45, 2.75) is 33.1 Å². The molecule has 2 nitrogen and oxygen atoms in total. The molecule has 0 radical (unpaired) electrons. The monoisotopic (exact) mass is 308 g/mol.